The van der Waals surface area contributed by atoms with Gasteiger partial charge in [0.05, 0.1) is 6.20 Å². The number of hydrogen-bond donors (Lipinski definition) is 1. The van der Waals surface area contributed by atoms with Crippen molar-refractivity contribution >= 4 is 5.91 Å². The van der Waals surface area contributed by atoms with Crippen LogP contribution in [0.3, 0.4) is 0 Å². The Labute approximate surface area is 168 Å². The molecule has 0 unspecified atom stereocenters. The summed E-state index contributed by atoms with van der Waals surface area (Å²) in [6, 6.07) is 6.97. The third-order valence-corrected chi connectivity index (χ3v) is 5.03. The molecule has 1 aliphatic carbocycles. The molecule has 150 valence electrons. The van der Waals surface area contributed by atoms with Crippen molar-refractivity contribution in [2.75, 3.05) is 0 Å². The van der Waals surface area contributed by atoms with Crippen LogP contribution in [0.5, 0.6) is 11.6 Å². The molecule has 4 rings (SSSR count). The Kier molecular flexibility index (Phi) is 5.24. The van der Waals surface area contributed by atoms with Crippen LogP contribution >= 0.6 is 0 Å². The first-order valence-electron chi connectivity index (χ1n) is 9.76. The molecule has 0 spiro atoms. The zero-order chi connectivity index (χ0) is 20.3. The Balaban J connectivity index is 1.54. The molecule has 2 heterocycles. The van der Waals surface area contributed by atoms with E-state index in [1.54, 1.807) is 36.7 Å². The largest absolute Gasteiger partial charge is 0.437 e. The molecule has 1 saturated carbocycles. The Morgan fingerprint density at radius 3 is 2.76 bits per heavy atom. The summed E-state index contributed by atoms with van der Waals surface area (Å²) in [6.07, 6.45) is 8.20. The van der Waals surface area contributed by atoms with E-state index in [0.29, 0.717) is 28.9 Å². The standard InChI is InChI=1S/C21H23N5O3/c1-14(2)19-24-20(26-29-19)21(8-3-4-9-21)25-18(27)15-6-5-7-16(12-15)28-17-13-22-10-11-23-17/h5-7,10-14H,3-4,8-9H2,1-2H3,(H,25,27). The van der Waals surface area contributed by atoms with Gasteiger partial charge in [-0.25, -0.2) is 4.98 Å². The molecule has 0 saturated heterocycles. The van der Waals surface area contributed by atoms with Crippen molar-refractivity contribution in [1.82, 2.24) is 25.4 Å². The minimum absolute atomic E-state index is 0.139. The number of nitrogens with zero attached hydrogens (tertiary/aromatic N) is 4. The van der Waals surface area contributed by atoms with E-state index in [4.69, 9.17) is 9.26 Å². The highest BCUT2D eigenvalue weighted by Crippen LogP contribution is 2.38. The molecule has 2 aromatic heterocycles. The highest BCUT2D eigenvalue weighted by atomic mass is 16.5. The maximum Gasteiger partial charge on any atom is 0.252 e. The maximum atomic E-state index is 13.0. The smallest absolute Gasteiger partial charge is 0.252 e. The lowest BCUT2D eigenvalue weighted by Gasteiger charge is -2.26. The van der Waals surface area contributed by atoms with Crippen LogP contribution in [0.4, 0.5) is 0 Å². The van der Waals surface area contributed by atoms with Crippen LogP contribution in [0.25, 0.3) is 0 Å². The van der Waals surface area contributed by atoms with Crippen molar-refractivity contribution in [2.45, 2.75) is 51.0 Å². The lowest BCUT2D eigenvalue weighted by atomic mass is 9.95. The Bertz CT molecular complexity index is 981. The van der Waals surface area contributed by atoms with Crippen LogP contribution in [-0.2, 0) is 5.54 Å². The SMILES string of the molecule is CC(C)c1nc(C2(NC(=O)c3cccc(Oc4cnccn4)c3)CCCC2)no1. The fourth-order valence-corrected chi connectivity index (χ4v) is 3.50. The minimum atomic E-state index is -0.602. The average Bonchev–Trinajstić information content (AvgIpc) is 3.39. The van der Waals surface area contributed by atoms with Crippen LogP contribution < -0.4 is 10.1 Å². The first-order chi connectivity index (χ1) is 14.1. The number of ether oxygens (including phenoxy) is 1. The molecule has 1 fully saturated rings. The van der Waals surface area contributed by atoms with Gasteiger partial charge in [-0.15, -0.1) is 0 Å². The van der Waals surface area contributed by atoms with Crippen molar-refractivity contribution in [2.24, 2.45) is 0 Å². The molecule has 0 radical (unpaired) electrons. The number of carbonyl (C=O) groups excluding carboxylic acids is 1. The number of amides is 1. The lowest BCUT2D eigenvalue weighted by molar-refractivity contribution is 0.0891. The zero-order valence-corrected chi connectivity index (χ0v) is 16.5. The van der Waals surface area contributed by atoms with Crippen molar-refractivity contribution in [3.05, 3.63) is 60.1 Å². The first kappa shape index (κ1) is 19.0. The van der Waals surface area contributed by atoms with E-state index in [0.717, 1.165) is 25.7 Å². The molecule has 8 nitrogen and oxygen atoms in total. The van der Waals surface area contributed by atoms with Crippen LogP contribution in [0, 0.1) is 0 Å². The van der Waals surface area contributed by atoms with Gasteiger partial charge in [0.2, 0.25) is 11.8 Å². The summed E-state index contributed by atoms with van der Waals surface area (Å²) in [5.74, 6) is 1.96. The summed E-state index contributed by atoms with van der Waals surface area (Å²) >= 11 is 0. The van der Waals surface area contributed by atoms with Crippen LogP contribution in [0.2, 0.25) is 0 Å². The molecule has 29 heavy (non-hydrogen) atoms. The van der Waals surface area contributed by atoms with E-state index >= 15 is 0 Å². The summed E-state index contributed by atoms with van der Waals surface area (Å²) in [7, 11) is 0. The lowest BCUT2D eigenvalue weighted by Crippen LogP contribution is -2.44. The summed E-state index contributed by atoms with van der Waals surface area (Å²) < 4.78 is 11.1. The van der Waals surface area contributed by atoms with Crippen molar-refractivity contribution in [3.8, 4) is 11.6 Å². The Hall–Kier alpha value is -3.29. The fourth-order valence-electron chi connectivity index (χ4n) is 3.50. The van der Waals surface area contributed by atoms with E-state index < -0.39 is 5.54 Å². The van der Waals surface area contributed by atoms with Gasteiger partial charge in [-0.1, -0.05) is 37.9 Å². The third-order valence-electron chi connectivity index (χ3n) is 5.03. The predicted molar refractivity (Wildman–Crippen MR) is 105 cm³/mol. The van der Waals surface area contributed by atoms with Gasteiger partial charge in [-0.2, -0.15) is 4.98 Å². The average molecular weight is 393 g/mol. The molecule has 8 heteroatoms. The minimum Gasteiger partial charge on any atom is -0.437 e. The number of benzene rings is 1. The number of hydrogen-bond acceptors (Lipinski definition) is 7. The second kappa shape index (κ2) is 7.98. The maximum absolute atomic E-state index is 13.0. The topological polar surface area (TPSA) is 103 Å². The Morgan fingerprint density at radius 1 is 1.24 bits per heavy atom. The van der Waals surface area contributed by atoms with Crippen LogP contribution in [-0.4, -0.2) is 26.0 Å². The first-order valence-corrected chi connectivity index (χ1v) is 9.76. The molecule has 1 aromatic carbocycles. The third kappa shape index (κ3) is 4.11. The monoisotopic (exact) mass is 393 g/mol. The second-order valence-electron chi connectivity index (χ2n) is 7.53. The highest BCUT2D eigenvalue weighted by molar-refractivity contribution is 5.95. The normalized spacial score (nSPS) is 15.4. The van der Waals surface area contributed by atoms with Gasteiger partial charge in [0, 0.05) is 23.9 Å². The molecule has 0 aliphatic heterocycles. The predicted octanol–water partition coefficient (Wildman–Crippen LogP) is 3.97. The van der Waals surface area contributed by atoms with Gasteiger partial charge in [0.25, 0.3) is 5.91 Å². The fraction of sp³-hybridized carbons (Fsp3) is 0.381. The van der Waals surface area contributed by atoms with E-state index in [2.05, 4.69) is 25.4 Å². The van der Waals surface area contributed by atoms with Gasteiger partial charge < -0.3 is 14.6 Å². The highest BCUT2D eigenvalue weighted by Gasteiger charge is 2.41. The van der Waals surface area contributed by atoms with Gasteiger partial charge in [-0.3, -0.25) is 9.78 Å². The van der Waals surface area contributed by atoms with Crippen LogP contribution in [0.1, 0.15) is 67.5 Å². The number of carbonyl (C=O) groups is 1. The second-order valence-corrected chi connectivity index (χ2v) is 7.53. The van der Waals surface area contributed by atoms with Crippen molar-refractivity contribution in [3.63, 3.8) is 0 Å². The molecular weight excluding hydrogens is 370 g/mol. The Morgan fingerprint density at radius 2 is 2.07 bits per heavy atom. The number of nitrogens with one attached hydrogen (secondary N) is 1. The zero-order valence-electron chi connectivity index (χ0n) is 16.5. The van der Waals surface area contributed by atoms with Crippen molar-refractivity contribution < 1.29 is 14.1 Å². The van der Waals surface area contributed by atoms with E-state index in [9.17, 15) is 4.79 Å². The van der Waals surface area contributed by atoms with E-state index in [-0.39, 0.29) is 11.8 Å². The summed E-state index contributed by atoms with van der Waals surface area (Å²) in [4.78, 5) is 25.7. The van der Waals surface area contributed by atoms with E-state index in [1.165, 1.54) is 6.20 Å². The van der Waals surface area contributed by atoms with Gasteiger partial charge in [0.15, 0.2) is 5.82 Å². The van der Waals surface area contributed by atoms with Gasteiger partial charge >= 0.3 is 0 Å². The molecule has 0 bridgehead atoms. The van der Waals surface area contributed by atoms with E-state index in [1.807, 2.05) is 13.8 Å². The number of aromatic nitrogens is 4. The number of rotatable bonds is 6. The summed E-state index contributed by atoms with van der Waals surface area (Å²) in [6.45, 7) is 4.00. The van der Waals surface area contributed by atoms with Crippen molar-refractivity contribution in [1.29, 1.82) is 0 Å². The van der Waals surface area contributed by atoms with Gasteiger partial charge in [-0.05, 0) is 31.0 Å². The molecule has 1 aliphatic rings. The quantitative estimate of drug-likeness (QED) is 0.676. The molecule has 1 amide bonds. The van der Waals surface area contributed by atoms with Crippen LogP contribution in [0.15, 0.2) is 47.4 Å². The van der Waals surface area contributed by atoms with Gasteiger partial charge in [0.1, 0.15) is 11.3 Å². The summed E-state index contributed by atoms with van der Waals surface area (Å²) in [5, 5.41) is 7.33. The molecule has 0 atom stereocenters. The summed E-state index contributed by atoms with van der Waals surface area (Å²) in [5.41, 5.74) is -0.111. The molecule has 1 N–H and O–H groups in total. The molecular formula is C21H23N5O3. The molecule has 3 aromatic rings.